The van der Waals surface area contributed by atoms with Crippen molar-refractivity contribution < 1.29 is 33.2 Å². The fourth-order valence-corrected chi connectivity index (χ4v) is 17.0. The van der Waals surface area contributed by atoms with Gasteiger partial charge in [0.2, 0.25) is 5.43 Å². The summed E-state index contributed by atoms with van der Waals surface area (Å²) in [4.78, 5) is 130. The predicted molar refractivity (Wildman–Crippen MR) is 423 cm³/mol. The van der Waals surface area contributed by atoms with Crippen LogP contribution in [-0.2, 0) is 0 Å². The topological polar surface area (TPSA) is 196 Å². The number of aromatic nitrogens is 1. The average molecular weight is 1420 g/mol. The van der Waals surface area contributed by atoms with Crippen LogP contribution in [0, 0.1) is 0 Å². The zero-order valence-corrected chi connectivity index (χ0v) is 62.4. The summed E-state index contributed by atoms with van der Waals surface area (Å²) in [5, 5.41) is 3.60. The molecule has 0 unspecified atom stereocenters. The number of ketones is 6. The molecule has 1 N–H and O–H groups in total. The van der Waals surface area contributed by atoms with Gasteiger partial charge < -0.3 is 9.40 Å². The molecule has 4 saturated heterocycles. The molecule has 0 radical (unpaired) electrons. The molecule has 3 aromatic heterocycles. The van der Waals surface area contributed by atoms with Gasteiger partial charge in [-0.25, -0.2) is 0 Å². The van der Waals surface area contributed by atoms with Gasteiger partial charge in [0, 0.05) is 86.5 Å². The lowest BCUT2D eigenvalue weighted by Crippen LogP contribution is -2.52. The van der Waals surface area contributed by atoms with Gasteiger partial charge in [-0.1, -0.05) is 92.4 Å². The molecule has 1 aliphatic carbocycles. The number of hydrogen-bond donors (Lipinski definition) is 1. The number of fused-ring (bicyclic) bond motifs is 8. The van der Waals surface area contributed by atoms with Crippen molar-refractivity contribution in [1.82, 2.24) is 24.6 Å². The first kappa shape index (κ1) is 73.8. The van der Waals surface area contributed by atoms with Crippen LogP contribution in [-0.4, -0.2) is 134 Å². The fraction of sp³-hybridized carbons (Fsp3) is 0.360. The maximum absolute atomic E-state index is 13.2. The first-order chi connectivity index (χ1) is 50.4. The Kier molecular flexibility index (Phi) is 21.4. The Morgan fingerprint density at radius 3 is 1.18 bits per heavy atom. The highest BCUT2D eigenvalue weighted by Crippen LogP contribution is 2.35. The van der Waals surface area contributed by atoms with E-state index in [2.05, 4.69) is 24.6 Å². The molecule has 4 aliphatic heterocycles. The summed E-state index contributed by atoms with van der Waals surface area (Å²) in [5.74, 6) is -0.131. The molecule has 0 bridgehead atoms. The van der Waals surface area contributed by atoms with Gasteiger partial charge in [-0.2, -0.15) is 0 Å². The minimum Gasteiger partial charge on any atom is -0.456 e. The molecule has 16 rings (SSSR count). The van der Waals surface area contributed by atoms with E-state index in [1.54, 1.807) is 96.3 Å². The molecular weight excluding hydrogens is 1330 g/mol. The standard InChI is InChI=1S/C23H23NO3.C22H24N2O2.C22H23NO3.C22H23NO2S/c1-23(2,24-12-6-3-7-13-24)22(27)15-10-11-18-19(14-15)21(26)17-9-5-4-8-16(17)20(18)25;1-22(2,24-12-6-3-7-13-24)21(26)15-10-11-19-17(14-15)20(25)16-8-4-5-9-18(16)23-19;2*1-22(2,23-12-6-3-7-13-23)21(25)15-10-11-19-17(14-15)20(24)16-8-4-5-9-18(16)26-19/h4-5,8-11,14H,3,6-7,12-13H2,1-2H3;4-5,8-11,14H,3,6-7,12-13H2,1-2H3,(H,23,25);2*4-5,8-11,14H,3,6-7,12-13H2,1-2H3. The SMILES string of the molecule is CC(C)(C(=O)c1ccc2[nH]c3ccccc3c(=O)c2c1)N1CCCCC1.CC(C)(C(=O)c1ccc2c(c1)C(=O)c1ccccc1C2=O)N1CCCCC1.CC(C)(C(=O)c1ccc2oc3ccccc3c(=O)c2c1)N1CCCCC1.CC(C)(C(=O)c1ccc2sc3ccccc3c(=O)c2c1)N1CCCCC1. The number of aromatic amines is 1. The molecule has 4 fully saturated rings. The van der Waals surface area contributed by atoms with Gasteiger partial charge >= 0.3 is 0 Å². The van der Waals surface area contributed by atoms with Gasteiger partial charge in [-0.3, -0.25) is 62.8 Å². The van der Waals surface area contributed by atoms with Gasteiger partial charge in [0.05, 0.1) is 32.9 Å². The van der Waals surface area contributed by atoms with Crippen molar-refractivity contribution in [2.45, 2.75) is 155 Å². The number of pyridine rings is 1. The van der Waals surface area contributed by atoms with Gasteiger partial charge in [-0.15, -0.1) is 11.3 Å². The van der Waals surface area contributed by atoms with Crippen LogP contribution in [0.15, 0.2) is 189 Å². The van der Waals surface area contributed by atoms with Crippen molar-refractivity contribution in [2.24, 2.45) is 0 Å². The Bertz CT molecular complexity index is 5020. The summed E-state index contributed by atoms with van der Waals surface area (Å²) in [6, 6.07) is 50.4. The predicted octanol–water partition coefficient (Wildman–Crippen LogP) is 17.3. The van der Waals surface area contributed by atoms with E-state index in [1.807, 2.05) is 140 Å². The molecule has 16 heteroatoms. The number of nitrogens with zero attached hydrogens (tertiary/aromatic N) is 4. The summed E-state index contributed by atoms with van der Waals surface area (Å²) < 4.78 is 7.76. The molecule has 8 aromatic carbocycles. The number of H-pyrrole nitrogens is 1. The van der Waals surface area contributed by atoms with Gasteiger partial charge in [0.15, 0.2) is 45.6 Å². The number of benzene rings is 8. The molecule has 0 spiro atoms. The van der Waals surface area contributed by atoms with Gasteiger partial charge in [0.1, 0.15) is 11.2 Å². The van der Waals surface area contributed by atoms with Crippen LogP contribution in [0.5, 0.6) is 0 Å². The highest BCUT2D eigenvalue weighted by atomic mass is 32.1. The molecule has 105 heavy (non-hydrogen) atoms. The first-order valence-electron chi connectivity index (χ1n) is 37.3. The highest BCUT2D eigenvalue weighted by molar-refractivity contribution is 7.24. The lowest BCUT2D eigenvalue weighted by molar-refractivity contribution is 0.0576. The zero-order valence-electron chi connectivity index (χ0n) is 61.6. The van der Waals surface area contributed by atoms with Crippen LogP contribution in [0.25, 0.3) is 63.9 Å². The first-order valence-corrected chi connectivity index (χ1v) is 38.2. The lowest BCUT2D eigenvalue weighted by Gasteiger charge is -2.39. The minimum atomic E-state index is -0.631. The van der Waals surface area contributed by atoms with E-state index in [-0.39, 0.29) is 51.0 Å². The van der Waals surface area contributed by atoms with Crippen molar-refractivity contribution in [3.8, 4) is 0 Å². The molecular formula is C89H93N5O10S. The van der Waals surface area contributed by atoms with Crippen molar-refractivity contribution >= 4 is 110 Å². The number of para-hydroxylation sites is 2. The van der Waals surface area contributed by atoms with E-state index in [1.165, 1.54) is 25.7 Å². The van der Waals surface area contributed by atoms with Crippen LogP contribution in [0.1, 0.15) is 206 Å². The lowest BCUT2D eigenvalue weighted by atomic mass is 9.81. The van der Waals surface area contributed by atoms with E-state index < -0.39 is 22.2 Å². The van der Waals surface area contributed by atoms with E-state index in [0.717, 1.165) is 130 Å². The molecule has 15 nitrogen and oxygen atoms in total. The highest BCUT2D eigenvalue weighted by Gasteiger charge is 2.41. The van der Waals surface area contributed by atoms with Crippen LogP contribution < -0.4 is 16.3 Å². The molecule has 0 saturated carbocycles. The number of piperidine rings is 4. The van der Waals surface area contributed by atoms with E-state index in [4.69, 9.17) is 4.42 Å². The number of Topliss-reactive ketones (excluding diaryl/α,β-unsaturated/α-hetero) is 4. The second-order valence-electron chi connectivity index (χ2n) is 30.7. The Hall–Kier alpha value is -9.55. The number of rotatable bonds is 12. The van der Waals surface area contributed by atoms with Crippen molar-refractivity contribution in [3.63, 3.8) is 0 Å². The second kappa shape index (κ2) is 30.5. The van der Waals surface area contributed by atoms with E-state index in [9.17, 15) is 43.2 Å². The monoisotopic (exact) mass is 1420 g/mol. The number of hydrogen-bond acceptors (Lipinski definition) is 15. The smallest absolute Gasteiger partial charge is 0.200 e. The molecule has 7 heterocycles. The molecule has 0 amide bonds. The van der Waals surface area contributed by atoms with Crippen LogP contribution in [0.4, 0.5) is 0 Å². The Morgan fingerprint density at radius 2 is 0.657 bits per heavy atom. The number of likely N-dealkylation sites (tertiary alicyclic amines) is 4. The molecule has 540 valence electrons. The van der Waals surface area contributed by atoms with Crippen LogP contribution in [0.3, 0.4) is 0 Å². The quantitative estimate of drug-likeness (QED) is 0.0896. The fourth-order valence-electron chi connectivity index (χ4n) is 16.0. The summed E-state index contributed by atoms with van der Waals surface area (Å²) in [6.45, 7) is 23.4. The third-order valence-electron chi connectivity index (χ3n) is 22.6. The number of nitrogens with one attached hydrogen (secondary N) is 1. The largest absolute Gasteiger partial charge is 0.456 e. The number of carbonyl (C=O) groups is 6. The molecule has 11 aromatic rings. The average Bonchev–Trinajstić information content (AvgIpc) is 0.771. The second-order valence-corrected chi connectivity index (χ2v) is 31.8. The third kappa shape index (κ3) is 14.7. The van der Waals surface area contributed by atoms with Crippen LogP contribution >= 0.6 is 11.3 Å². The normalized spacial score (nSPS) is 16.5. The van der Waals surface area contributed by atoms with Crippen molar-refractivity contribution in [3.05, 3.63) is 245 Å². The zero-order chi connectivity index (χ0) is 74.1. The third-order valence-corrected chi connectivity index (χ3v) is 23.8. The summed E-state index contributed by atoms with van der Waals surface area (Å²) in [6.07, 6.45) is 13.9. The maximum atomic E-state index is 13.2. The Labute approximate surface area is 616 Å². The van der Waals surface area contributed by atoms with Crippen molar-refractivity contribution in [1.29, 1.82) is 0 Å². The van der Waals surface area contributed by atoms with Gasteiger partial charge in [-0.05, 0) is 262 Å². The van der Waals surface area contributed by atoms with Gasteiger partial charge in [0.25, 0.3) is 0 Å². The molecule has 0 atom stereocenters. The molecule has 5 aliphatic rings. The maximum Gasteiger partial charge on any atom is 0.200 e. The summed E-state index contributed by atoms with van der Waals surface area (Å²) in [7, 11) is 0. The van der Waals surface area contributed by atoms with Crippen LogP contribution in [0.2, 0.25) is 0 Å². The minimum absolute atomic E-state index is 0.00805. The number of carbonyl (C=O) groups excluding carboxylic acids is 6. The summed E-state index contributed by atoms with van der Waals surface area (Å²) in [5.41, 5.74) is 4.10. The Balaban J connectivity index is 0.000000124. The van der Waals surface area contributed by atoms with E-state index in [0.29, 0.717) is 82.6 Å². The van der Waals surface area contributed by atoms with Crippen molar-refractivity contribution in [2.75, 3.05) is 52.4 Å². The summed E-state index contributed by atoms with van der Waals surface area (Å²) >= 11 is 1.60. The Morgan fingerprint density at radius 1 is 0.314 bits per heavy atom. The van der Waals surface area contributed by atoms with E-state index >= 15 is 0 Å².